The molecule has 0 radical (unpaired) electrons. The first kappa shape index (κ1) is 18.4. The molecule has 140 valence electrons. The number of nitrogens with zero attached hydrogens (tertiary/aromatic N) is 4. The van der Waals surface area contributed by atoms with Crippen LogP contribution in [0.3, 0.4) is 0 Å². The number of hydrogen-bond acceptors (Lipinski definition) is 4. The summed E-state index contributed by atoms with van der Waals surface area (Å²) in [5.74, 6) is 2.42. The fraction of sp³-hybridized carbons (Fsp3) is 0.526. The van der Waals surface area contributed by atoms with Crippen LogP contribution in [0.15, 0.2) is 41.7 Å². The van der Waals surface area contributed by atoms with Gasteiger partial charge >= 0.3 is 0 Å². The lowest BCUT2D eigenvalue weighted by molar-refractivity contribution is 0.123. The van der Waals surface area contributed by atoms with Gasteiger partial charge in [0, 0.05) is 32.0 Å². The average Bonchev–Trinajstić information content (AvgIpc) is 3.38. The maximum Gasteiger partial charge on any atom is 0.191 e. The van der Waals surface area contributed by atoms with E-state index in [9.17, 15) is 0 Å². The second-order valence-electron chi connectivity index (χ2n) is 6.45. The molecule has 1 fully saturated rings. The molecule has 0 aliphatic heterocycles. The Labute approximate surface area is 154 Å². The van der Waals surface area contributed by atoms with Gasteiger partial charge in [-0.3, -0.25) is 4.57 Å². The number of guanidine groups is 1. The highest BCUT2D eigenvalue weighted by molar-refractivity contribution is 5.79. The van der Waals surface area contributed by atoms with Gasteiger partial charge in [0.2, 0.25) is 0 Å². The van der Waals surface area contributed by atoms with Gasteiger partial charge in [0.25, 0.3) is 0 Å². The highest BCUT2D eigenvalue weighted by atomic mass is 16.5. The first-order chi connectivity index (χ1) is 12.9. The van der Waals surface area contributed by atoms with Crippen LogP contribution in [0.25, 0.3) is 5.69 Å². The molecule has 2 N–H and O–H groups in total. The normalized spacial score (nSPS) is 14.4. The van der Waals surface area contributed by atoms with E-state index >= 15 is 0 Å². The molecule has 0 bridgehead atoms. The molecular weight excluding hydrogens is 328 g/mol. The van der Waals surface area contributed by atoms with Crippen LogP contribution in [0.2, 0.25) is 0 Å². The van der Waals surface area contributed by atoms with Crippen molar-refractivity contribution in [1.82, 2.24) is 25.4 Å². The monoisotopic (exact) mass is 356 g/mol. The van der Waals surface area contributed by atoms with E-state index in [1.807, 2.05) is 34.9 Å². The summed E-state index contributed by atoms with van der Waals surface area (Å²) in [6, 6.07) is 10.1. The zero-order valence-electron chi connectivity index (χ0n) is 15.4. The average molecular weight is 356 g/mol. The van der Waals surface area contributed by atoms with Crippen LogP contribution in [-0.4, -0.2) is 47.0 Å². The highest BCUT2D eigenvalue weighted by Gasteiger charge is 2.20. The topological polar surface area (TPSA) is 76.4 Å². The van der Waals surface area contributed by atoms with Gasteiger partial charge in [-0.2, -0.15) is 0 Å². The summed E-state index contributed by atoms with van der Waals surface area (Å²) in [4.78, 5) is 4.63. The SMILES string of the molecule is CCNC(=NCc1nncn1-c1ccccc1)NCCCOCC1CC1. The molecule has 0 saturated heterocycles. The van der Waals surface area contributed by atoms with Crippen molar-refractivity contribution in [2.24, 2.45) is 10.9 Å². The van der Waals surface area contributed by atoms with Gasteiger partial charge in [-0.25, -0.2) is 4.99 Å². The quantitative estimate of drug-likeness (QED) is 0.387. The fourth-order valence-corrected chi connectivity index (χ4v) is 2.58. The first-order valence-corrected chi connectivity index (χ1v) is 9.41. The predicted octanol–water partition coefficient (Wildman–Crippen LogP) is 2.14. The molecule has 1 aromatic heterocycles. The fourth-order valence-electron chi connectivity index (χ4n) is 2.58. The van der Waals surface area contributed by atoms with E-state index in [0.717, 1.165) is 56.1 Å². The van der Waals surface area contributed by atoms with E-state index in [4.69, 9.17) is 4.74 Å². The number of ether oxygens (including phenoxy) is 1. The van der Waals surface area contributed by atoms with Gasteiger partial charge < -0.3 is 15.4 Å². The molecule has 1 aromatic carbocycles. The summed E-state index contributed by atoms with van der Waals surface area (Å²) in [6.07, 6.45) is 5.36. The van der Waals surface area contributed by atoms with Crippen LogP contribution in [0, 0.1) is 5.92 Å². The summed E-state index contributed by atoms with van der Waals surface area (Å²) in [5.41, 5.74) is 1.04. The summed E-state index contributed by atoms with van der Waals surface area (Å²) in [5, 5.41) is 14.8. The Bertz CT molecular complexity index is 680. The summed E-state index contributed by atoms with van der Waals surface area (Å²) >= 11 is 0. The standard InChI is InChI=1S/C19H28N6O/c1-2-20-19(21-11-6-12-26-14-16-9-10-16)22-13-18-24-23-15-25(18)17-7-4-3-5-8-17/h3-5,7-8,15-16H,2,6,9-14H2,1H3,(H2,20,21,22). The third-order valence-electron chi connectivity index (χ3n) is 4.18. The van der Waals surface area contributed by atoms with Gasteiger partial charge in [-0.1, -0.05) is 18.2 Å². The second-order valence-corrected chi connectivity index (χ2v) is 6.45. The van der Waals surface area contributed by atoms with Crippen molar-refractivity contribution in [3.05, 3.63) is 42.5 Å². The molecule has 3 rings (SSSR count). The third-order valence-corrected chi connectivity index (χ3v) is 4.18. The first-order valence-electron chi connectivity index (χ1n) is 9.41. The van der Waals surface area contributed by atoms with Crippen molar-refractivity contribution in [2.45, 2.75) is 32.7 Å². The van der Waals surface area contributed by atoms with E-state index in [2.05, 4.69) is 32.7 Å². The lowest BCUT2D eigenvalue weighted by atomic mass is 10.3. The van der Waals surface area contributed by atoms with Gasteiger partial charge in [0.15, 0.2) is 11.8 Å². The van der Waals surface area contributed by atoms with Crippen LogP contribution < -0.4 is 10.6 Å². The molecular formula is C19H28N6O. The Morgan fingerprint density at radius 3 is 2.88 bits per heavy atom. The zero-order valence-corrected chi connectivity index (χ0v) is 15.4. The van der Waals surface area contributed by atoms with Crippen LogP contribution in [0.5, 0.6) is 0 Å². The maximum atomic E-state index is 5.66. The van der Waals surface area contributed by atoms with Crippen LogP contribution >= 0.6 is 0 Å². The predicted molar refractivity (Wildman–Crippen MR) is 102 cm³/mol. The number of nitrogens with one attached hydrogen (secondary N) is 2. The van der Waals surface area contributed by atoms with Crippen molar-refractivity contribution in [2.75, 3.05) is 26.3 Å². The van der Waals surface area contributed by atoms with Crippen LogP contribution in [0.1, 0.15) is 32.0 Å². The van der Waals surface area contributed by atoms with Gasteiger partial charge in [-0.05, 0) is 44.2 Å². The molecule has 7 heteroatoms. The molecule has 1 saturated carbocycles. The number of hydrogen-bond donors (Lipinski definition) is 2. The molecule has 0 atom stereocenters. The molecule has 26 heavy (non-hydrogen) atoms. The van der Waals surface area contributed by atoms with E-state index in [-0.39, 0.29) is 0 Å². The Hall–Kier alpha value is -2.41. The van der Waals surface area contributed by atoms with Crippen molar-refractivity contribution in [3.8, 4) is 5.69 Å². The highest BCUT2D eigenvalue weighted by Crippen LogP contribution is 2.28. The van der Waals surface area contributed by atoms with Crippen molar-refractivity contribution >= 4 is 5.96 Å². The number of aliphatic imine (C=N–C) groups is 1. The Kier molecular flexibility index (Phi) is 7.01. The van der Waals surface area contributed by atoms with Gasteiger partial charge in [0.05, 0.1) is 0 Å². The molecule has 7 nitrogen and oxygen atoms in total. The number of rotatable bonds is 10. The minimum atomic E-state index is 0.461. The van der Waals surface area contributed by atoms with E-state index in [1.165, 1.54) is 12.8 Å². The Morgan fingerprint density at radius 2 is 2.12 bits per heavy atom. The van der Waals surface area contributed by atoms with Crippen LogP contribution in [0.4, 0.5) is 0 Å². The lowest BCUT2D eigenvalue weighted by Crippen LogP contribution is -2.38. The molecule has 1 aliphatic rings. The second kappa shape index (κ2) is 9.91. The molecule has 1 aliphatic carbocycles. The van der Waals surface area contributed by atoms with Crippen molar-refractivity contribution < 1.29 is 4.74 Å². The van der Waals surface area contributed by atoms with E-state index in [0.29, 0.717) is 6.54 Å². The summed E-state index contributed by atoms with van der Waals surface area (Å²) in [6.45, 7) is 5.89. The largest absolute Gasteiger partial charge is 0.381 e. The maximum absolute atomic E-state index is 5.66. The molecule has 0 amide bonds. The number of aromatic nitrogens is 3. The molecule has 2 aromatic rings. The Morgan fingerprint density at radius 1 is 1.27 bits per heavy atom. The van der Waals surface area contributed by atoms with Gasteiger partial charge in [0.1, 0.15) is 12.9 Å². The minimum absolute atomic E-state index is 0.461. The van der Waals surface area contributed by atoms with E-state index in [1.54, 1.807) is 6.33 Å². The minimum Gasteiger partial charge on any atom is -0.381 e. The molecule has 0 unspecified atom stereocenters. The lowest BCUT2D eigenvalue weighted by Gasteiger charge is -2.11. The van der Waals surface area contributed by atoms with Crippen molar-refractivity contribution in [3.63, 3.8) is 0 Å². The molecule has 1 heterocycles. The van der Waals surface area contributed by atoms with Crippen LogP contribution in [-0.2, 0) is 11.3 Å². The smallest absolute Gasteiger partial charge is 0.191 e. The Balaban J connectivity index is 1.48. The van der Waals surface area contributed by atoms with E-state index < -0.39 is 0 Å². The summed E-state index contributed by atoms with van der Waals surface area (Å²) in [7, 11) is 0. The number of benzene rings is 1. The third kappa shape index (κ3) is 5.84. The number of para-hydroxylation sites is 1. The summed E-state index contributed by atoms with van der Waals surface area (Å²) < 4.78 is 7.62. The van der Waals surface area contributed by atoms with Crippen molar-refractivity contribution in [1.29, 1.82) is 0 Å². The molecule has 0 spiro atoms. The van der Waals surface area contributed by atoms with Gasteiger partial charge in [-0.15, -0.1) is 10.2 Å². The zero-order chi connectivity index (χ0) is 18.0.